The first-order chi connectivity index (χ1) is 6.07. The SMILES string of the molecule is C=C/C=C\C=C(/N)C(N)=NC(=C)C. The number of nitrogens with two attached hydrogens (primary N) is 2. The highest BCUT2D eigenvalue weighted by molar-refractivity contribution is 5.96. The minimum Gasteiger partial charge on any atom is -0.396 e. The van der Waals surface area contributed by atoms with Gasteiger partial charge < -0.3 is 11.5 Å². The molecular weight excluding hydrogens is 162 g/mol. The predicted molar refractivity (Wildman–Crippen MR) is 58.0 cm³/mol. The van der Waals surface area contributed by atoms with Crippen LogP contribution in [0.5, 0.6) is 0 Å². The highest BCUT2D eigenvalue weighted by Crippen LogP contribution is 1.93. The van der Waals surface area contributed by atoms with Gasteiger partial charge in [-0.15, -0.1) is 0 Å². The molecule has 0 atom stereocenters. The van der Waals surface area contributed by atoms with E-state index in [4.69, 9.17) is 11.5 Å². The van der Waals surface area contributed by atoms with E-state index in [1.165, 1.54) is 0 Å². The Morgan fingerprint density at radius 1 is 1.31 bits per heavy atom. The van der Waals surface area contributed by atoms with Crippen molar-refractivity contribution in [3.05, 3.63) is 48.9 Å². The van der Waals surface area contributed by atoms with Gasteiger partial charge in [0.2, 0.25) is 0 Å². The molecule has 0 amide bonds. The van der Waals surface area contributed by atoms with E-state index >= 15 is 0 Å². The van der Waals surface area contributed by atoms with Crippen molar-refractivity contribution in [1.82, 2.24) is 0 Å². The fourth-order valence-electron chi connectivity index (χ4n) is 0.593. The fraction of sp³-hybridized carbons (Fsp3) is 0.100. The van der Waals surface area contributed by atoms with Gasteiger partial charge in [0.1, 0.15) is 5.84 Å². The second kappa shape index (κ2) is 5.83. The summed E-state index contributed by atoms with van der Waals surface area (Å²) in [6, 6.07) is 0. The first kappa shape index (κ1) is 11.2. The maximum absolute atomic E-state index is 5.58. The molecule has 0 fully saturated rings. The number of hydrogen-bond acceptors (Lipinski definition) is 2. The van der Waals surface area contributed by atoms with Gasteiger partial charge >= 0.3 is 0 Å². The van der Waals surface area contributed by atoms with E-state index in [0.717, 1.165) is 0 Å². The van der Waals surface area contributed by atoms with E-state index in [1.807, 2.05) is 0 Å². The summed E-state index contributed by atoms with van der Waals surface area (Å²) in [5, 5.41) is 0. The quantitative estimate of drug-likeness (QED) is 0.388. The number of amidine groups is 1. The van der Waals surface area contributed by atoms with Crippen LogP contribution in [-0.4, -0.2) is 5.84 Å². The van der Waals surface area contributed by atoms with Crippen LogP contribution < -0.4 is 11.5 Å². The van der Waals surface area contributed by atoms with Crippen molar-refractivity contribution < 1.29 is 0 Å². The lowest BCUT2D eigenvalue weighted by atomic mass is 10.3. The largest absolute Gasteiger partial charge is 0.396 e. The number of allylic oxidation sites excluding steroid dienone is 5. The van der Waals surface area contributed by atoms with E-state index < -0.39 is 0 Å². The lowest BCUT2D eigenvalue weighted by Gasteiger charge is -1.98. The van der Waals surface area contributed by atoms with Crippen LogP contribution in [0.1, 0.15) is 6.92 Å². The molecule has 0 unspecified atom stereocenters. The van der Waals surface area contributed by atoms with Crippen LogP contribution in [-0.2, 0) is 0 Å². The van der Waals surface area contributed by atoms with Gasteiger partial charge in [0.15, 0.2) is 0 Å². The molecule has 0 aromatic carbocycles. The van der Waals surface area contributed by atoms with Crippen LogP contribution in [0.4, 0.5) is 0 Å². The summed E-state index contributed by atoms with van der Waals surface area (Å²) in [6.07, 6.45) is 6.80. The predicted octanol–water partition coefficient (Wildman–Crippen LogP) is 1.46. The molecule has 0 spiro atoms. The molecule has 4 N–H and O–H groups in total. The Hall–Kier alpha value is -1.77. The van der Waals surface area contributed by atoms with Crippen LogP contribution in [0.3, 0.4) is 0 Å². The van der Waals surface area contributed by atoms with Gasteiger partial charge in [0.25, 0.3) is 0 Å². The first-order valence-electron chi connectivity index (χ1n) is 3.83. The van der Waals surface area contributed by atoms with Gasteiger partial charge in [-0.1, -0.05) is 31.4 Å². The molecule has 0 aromatic rings. The molecule has 0 aliphatic heterocycles. The maximum atomic E-state index is 5.58. The minimum absolute atomic E-state index is 0.279. The maximum Gasteiger partial charge on any atom is 0.146 e. The van der Waals surface area contributed by atoms with Crippen molar-refractivity contribution in [2.75, 3.05) is 0 Å². The van der Waals surface area contributed by atoms with Gasteiger partial charge in [0.05, 0.1) is 5.70 Å². The first-order valence-corrected chi connectivity index (χ1v) is 3.83. The Morgan fingerprint density at radius 2 is 1.92 bits per heavy atom. The van der Waals surface area contributed by atoms with Gasteiger partial charge in [-0.05, 0) is 13.0 Å². The molecule has 0 bridgehead atoms. The van der Waals surface area contributed by atoms with E-state index in [-0.39, 0.29) is 5.84 Å². The Balaban J connectivity index is 4.49. The van der Waals surface area contributed by atoms with Crippen molar-refractivity contribution in [2.45, 2.75) is 6.92 Å². The highest BCUT2D eigenvalue weighted by atomic mass is 14.9. The minimum atomic E-state index is 0.279. The molecule has 0 heterocycles. The average molecular weight is 177 g/mol. The standard InChI is InChI=1S/C10H15N3/c1-4-5-6-7-9(11)10(12)13-8(2)3/h4-7H,1-2,11H2,3H3,(H2,12,13)/b6-5-,9-7-. The zero-order valence-corrected chi connectivity index (χ0v) is 7.83. The number of rotatable bonds is 4. The second-order valence-electron chi connectivity index (χ2n) is 2.47. The third-order valence-corrected chi connectivity index (χ3v) is 1.13. The monoisotopic (exact) mass is 177 g/mol. The van der Waals surface area contributed by atoms with Crippen LogP contribution in [0.15, 0.2) is 53.8 Å². The molecule has 0 rings (SSSR count). The molecule has 0 saturated heterocycles. The summed E-state index contributed by atoms with van der Waals surface area (Å²) >= 11 is 0. The summed E-state index contributed by atoms with van der Waals surface area (Å²) in [5.41, 5.74) is 12.2. The van der Waals surface area contributed by atoms with Crippen molar-refractivity contribution in [2.24, 2.45) is 16.5 Å². The van der Waals surface area contributed by atoms with Crippen LogP contribution in [0.2, 0.25) is 0 Å². The van der Waals surface area contributed by atoms with Gasteiger partial charge in [-0.2, -0.15) is 0 Å². The van der Waals surface area contributed by atoms with Crippen LogP contribution in [0.25, 0.3) is 0 Å². The lowest BCUT2D eigenvalue weighted by molar-refractivity contribution is 1.28. The zero-order valence-electron chi connectivity index (χ0n) is 7.83. The smallest absolute Gasteiger partial charge is 0.146 e. The van der Waals surface area contributed by atoms with Crippen LogP contribution in [0, 0.1) is 0 Å². The number of nitrogens with zero attached hydrogens (tertiary/aromatic N) is 1. The van der Waals surface area contributed by atoms with Crippen molar-refractivity contribution in [3.8, 4) is 0 Å². The Labute approximate surface area is 78.8 Å². The topological polar surface area (TPSA) is 64.4 Å². The Kier molecular flexibility index (Phi) is 5.03. The molecule has 70 valence electrons. The lowest BCUT2D eigenvalue weighted by Crippen LogP contribution is -2.20. The third kappa shape index (κ3) is 5.49. The molecule has 0 aromatic heterocycles. The molecule has 3 nitrogen and oxygen atoms in total. The van der Waals surface area contributed by atoms with Crippen molar-refractivity contribution in [1.29, 1.82) is 0 Å². The molecule has 0 saturated carbocycles. The van der Waals surface area contributed by atoms with E-state index in [9.17, 15) is 0 Å². The van der Waals surface area contributed by atoms with E-state index in [0.29, 0.717) is 11.4 Å². The summed E-state index contributed by atoms with van der Waals surface area (Å²) in [4.78, 5) is 3.90. The molecule has 13 heavy (non-hydrogen) atoms. The highest BCUT2D eigenvalue weighted by Gasteiger charge is 1.93. The molecule has 0 aliphatic rings. The van der Waals surface area contributed by atoms with Gasteiger partial charge in [-0.25, -0.2) is 4.99 Å². The van der Waals surface area contributed by atoms with E-state index in [2.05, 4.69) is 18.2 Å². The van der Waals surface area contributed by atoms with Crippen LogP contribution >= 0.6 is 0 Å². The second-order valence-corrected chi connectivity index (χ2v) is 2.47. The average Bonchev–Trinajstić information content (AvgIpc) is 2.03. The van der Waals surface area contributed by atoms with E-state index in [1.54, 1.807) is 31.2 Å². The van der Waals surface area contributed by atoms with Gasteiger partial charge in [-0.3, -0.25) is 0 Å². The number of hydrogen-bond donors (Lipinski definition) is 2. The fourth-order valence-corrected chi connectivity index (χ4v) is 0.593. The van der Waals surface area contributed by atoms with Gasteiger partial charge in [0, 0.05) is 5.70 Å². The normalized spacial score (nSPS) is 13.3. The zero-order chi connectivity index (χ0) is 10.3. The molecule has 3 heteroatoms. The Bertz CT molecular complexity index is 283. The van der Waals surface area contributed by atoms with Crippen molar-refractivity contribution in [3.63, 3.8) is 0 Å². The number of aliphatic imine (C=N–C) groups is 1. The van der Waals surface area contributed by atoms with Crippen molar-refractivity contribution >= 4 is 5.84 Å². The summed E-state index contributed by atoms with van der Waals surface area (Å²) in [6.45, 7) is 8.86. The summed E-state index contributed by atoms with van der Waals surface area (Å²) in [7, 11) is 0. The summed E-state index contributed by atoms with van der Waals surface area (Å²) < 4.78 is 0. The Morgan fingerprint density at radius 3 is 2.38 bits per heavy atom. The molecule has 0 radical (unpaired) electrons. The summed E-state index contributed by atoms with van der Waals surface area (Å²) in [5.74, 6) is 0.279. The molecular formula is C10H15N3. The third-order valence-electron chi connectivity index (χ3n) is 1.13. The molecule has 0 aliphatic carbocycles.